The number of hydrogen-bond donors (Lipinski definition) is 1. The largest absolute Gasteiger partial charge is 0.383 e. The molecule has 0 saturated heterocycles. The zero-order chi connectivity index (χ0) is 16.9. The number of benzene rings is 1. The minimum absolute atomic E-state index is 0.0977. The van der Waals surface area contributed by atoms with Gasteiger partial charge in [-0.1, -0.05) is 12.1 Å². The summed E-state index contributed by atoms with van der Waals surface area (Å²) in [7, 11) is 1.64. The van der Waals surface area contributed by atoms with Gasteiger partial charge in [-0.05, 0) is 19.1 Å². The Balaban J connectivity index is 1.66. The first-order valence-corrected chi connectivity index (χ1v) is 7.75. The maximum Gasteiger partial charge on any atom is 0.243 e. The fraction of sp³-hybridized carbons (Fsp3) is 0.375. The second-order valence-corrected chi connectivity index (χ2v) is 5.47. The van der Waals surface area contributed by atoms with Crippen molar-refractivity contribution < 1.29 is 9.53 Å². The minimum atomic E-state index is -0.368. The Kier molecular flexibility index (Phi) is 4.85. The third kappa shape index (κ3) is 3.28. The van der Waals surface area contributed by atoms with E-state index in [1.165, 1.54) is 0 Å². The number of imidazole rings is 1. The van der Waals surface area contributed by atoms with E-state index in [9.17, 15) is 4.79 Å². The van der Waals surface area contributed by atoms with Crippen molar-refractivity contribution in [2.45, 2.75) is 26.1 Å². The molecule has 0 aliphatic carbocycles. The van der Waals surface area contributed by atoms with Crippen LogP contribution in [0.4, 0.5) is 0 Å². The summed E-state index contributed by atoms with van der Waals surface area (Å²) < 4.78 is 8.77. The number of fused-ring (bicyclic) bond motifs is 1. The van der Waals surface area contributed by atoms with Gasteiger partial charge in [0.15, 0.2) is 5.82 Å². The number of aromatic nitrogens is 5. The third-order valence-electron chi connectivity index (χ3n) is 3.93. The van der Waals surface area contributed by atoms with E-state index in [0.29, 0.717) is 25.5 Å². The molecule has 8 heteroatoms. The van der Waals surface area contributed by atoms with Crippen molar-refractivity contribution in [2.75, 3.05) is 13.7 Å². The lowest BCUT2D eigenvalue weighted by Gasteiger charge is -2.14. The molecule has 0 aliphatic heterocycles. The van der Waals surface area contributed by atoms with Crippen LogP contribution in [0, 0.1) is 0 Å². The molecule has 0 bridgehead atoms. The van der Waals surface area contributed by atoms with E-state index in [1.54, 1.807) is 19.8 Å². The normalized spacial score (nSPS) is 12.4. The van der Waals surface area contributed by atoms with Gasteiger partial charge in [0.25, 0.3) is 0 Å². The van der Waals surface area contributed by atoms with Gasteiger partial charge in [-0.25, -0.2) is 4.98 Å². The smallest absolute Gasteiger partial charge is 0.243 e. The number of carbonyl (C=O) groups excluding carboxylic acids is 1. The summed E-state index contributed by atoms with van der Waals surface area (Å²) >= 11 is 0. The first-order valence-electron chi connectivity index (χ1n) is 7.75. The Morgan fingerprint density at radius 3 is 3.00 bits per heavy atom. The van der Waals surface area contributed by atoms with Crippen LogP contribution in [0.25, 0.3) is 11.0 Å². The Labute approximate surface area is 139 Å². The van der Waals surface area contributed by atoms with Crippen LogP contribution >= 0.6 is 0 Å². The molecule has 3 rings (SSSR count). The summed E-state index contributed by atoms with van der Waals surface area (Å²) in [5.74, 6) is 0.600. The number of ether oxygens (including phenoxy) is 1. The van der Waals surface area contributed by atoms with E-state index in [1.807, 2.05) is 40.3 Å². The van der Waals surface area contributed by atoms with Crippen molar-refractivity contribution in [1.29, 1.82) is 0 Å². The number of amides is 1. The molecule has 0 saturated carbocycles. The third-order valence-corrected chi connectivity index (χ3v) is 3.93. The quantitative estimate of drug-likeness (QED) is 0.703. The van der Waals surface area contributed by atoms with Crippen LogP contribution < -0.4 is 5.32 Å². The van der Waals surface area contributed by atoms with Crippen molar-refractivity contribution >= 4 is 16.9 Å². The predicted octanol–water partition coefficient (Wildman–Crippen LogP) is 1.15. The molecular formula is C16H20N6O2. The summed E-state index contributed by atoms with van der Waals surface area (Å²) in [6.45, 7) is 3.38. The molecule has 8 nitrogen and oxygen atoms in total. The van der Waals surface area contributed by atoms with Crippen LogP contribution in [0.15, 0.2) is 36.9 Å². The zero-order valence-corrected chi connectivity index (χ0v) is 13.7. The number of methoxy groups -OCH3 is 1. The molecule has 24 heavy (non-hydrogen) atoms. The highest BCUT2D eigenvalue weighted by molar-refractivity contribution is 5.83. The van der Waals surface area contributed by atoms with Gasteiger partial charge in [-0.3, -0.25) is 4.79 Å². The number of nitrogens with zero attached hydrogens (tertiary/aromatic N) is 5. The van der Waals surface area contributed by atoms with E-state index < -0.39 is 0 Å². The Bertz CT molecular complexity index is 825. The number of para-hydroxylation sites is 2. The second-order valence-electron chi connectivity index (χ2n) is 5.47. The van der Waals surface area contributed by atoms with Crippen molar-refractivity contribution in [3.05, 3.63) is 42.7 Å². The second kappa shape index (κ2) is 7.22. The predicted molar refractivity (Wildman–Crippen MR) is 88.2 cm³/mol. The van der Waals surface area contributed by atoms with Gasteiger partial charge < -0.3 is 19.2 Å². The molecule has 1 aromatic carbocycles. The Morgan fingerprint density at radius 1 is 1.33 bits per heavy atom. The molecular weight excluding hydrogens is 308 g/mol. The molecule has 0 aliphatic rings. The molecule has 1 atom stereocenters. The van der Waals surface area contributed by atoms with Gasteiger partial charge in [0.1, 0.15) is 12.4 Å². The fourth-order valence-electron chi connectivity index (χ4n) is 2.52. The van der Waals surface area contributed by atoms with Gasteiger partial charge in [0.2, 0.25) is 5.91 Å². The van der Waals surface area contributed by atoms with Crippen LogP contribution in [0.3, 0.4) is 0 Å². The van der Waals surface area contributed by atoms with E-state index in [0.717, 1.165) is 11.0 Å². The monoisotopic (exact) mass is 328 g/mol. The molecule has 1 N–H and O–H groups in total. The molecule has 2 aromatic heterocycles. The SMILES string of the molecule is COCCn1cnnc1CNC(=O)[C@@H](C)n1cnc2ccccc21. The first-order chi connectivity index (χ1) is 11.7. The topological polar surface area (TPSA) is 86.9 Å². The number of hydrogen-bond acceptors (Lipinski definition) is 5. The molecule has 0 spiro atoms. The molecule has 2 heterocycles. The average Bonchev–Trinajstić information content (AvgIpc) is 3.23. The van der Waals surface area contributed by atoms with Crippen molar-refractivity contribution in [2.24, 2.45) is 0 Å². The molecule has 126 valence electrons. The van der Waals surface area contributed by atoms with Crippen LogP contribution in [0.1, 0.15) is 18.8 Å². The van der Waals surface area contributed by atoms with Crippen LogP contribution in [-0.4, -0.2) is 43.9 Å². The summed E-state index contributed by atoms with van der Waals surface area (Å²) in [5, 5.41) is 10.8. The highest BCUT2D eigenvalue weighted by Crippen LogP contribution is 2.17. The summed E-state index contributed by atoms with van der Waals surface area (Å²) in [6.07, 6.45) is 3.32. The van der Waals surface area contributed by atoms with Crippen LogP contribution in [0.2, 0.25) is 0 Å². The number of nitrogens with one attached hydrogen (secondary N) is 1. The molecule has 1 amide bonds. The summed E-state index contributed by atoms with van der Waals surface area (Å²) in [5.41, 5.74) is 1.81. The summed E-state index contributed by atoms with van der Waals surface area (Å²) in [6, 6.07) is 7.37. The van der Waals surface area contributed by atoms with Gasteiger partial charge in [-0.2, -0.15) is 0 Å². The summed E-state index contributed by atoms with van der Waals surface area (Å²) in [4.78, 5) is 16.8. The van der Waals surface area contributed by atoms with Gasteiger partial charge in [0, 0.05) is 13.7 Å². The standard InChI is InChI=1S/C16H20N6O2/c1-12(22-10-18-13-5-3-4-6-14(13)22)16(23)17-9-15-20-19-11-21(15)7-8-24-2/h3-6,10-12H,7-9H2,1-2H3,(H,17,23)/t12-/m1/s1. The number of carbonyl (C=O) groups is 1. The highest BCUT2D eigenvalue weighted by atomic mass is 16.5. The maximum atomic E-state index is 12.5. The lowest BCUT2D eigenvalue weighted by molar-refractivity contribution is -0.124. The van der Waals surface area contributed by atoms with Crippen LogP contribution in [0.5, 0.6) is 0 Å². The maximum absolute atomic E-state index is 12.5. The Hall–Kier alpha value is -2.74. The van der Waals surface area contributed by atoms with Crippen molar-refractivity contribution in [3.63, 3.8) is 0 Å². The first kappa shape index (κ1) is 16.1. The Morgan fingerprint density at radius 2 is 2.17 bits per heavy atom. The van der Waals surface area contributed by atoms with Crippen LogP contribution in [-0.2, 0) is 22.6 Å². The lowest BCUT2D eigenvalue weighted by Crippen LogP contribution is -2.31. The molecule has 0 unspecified atom stereocenters. The average molecular weight is 328 g/mol. The van der Waals surface area contributed by atoms with E-state index in [2.05, 4.69) is 20.5 Å². The fourth-order valence-corrected chi connectivity index (χ4v) is 2.52. The van der Waals surface area contributed by atoms with Crippen molar-refractivity contribution in [1.82, 2.24) is 29.6 Å². The van der Waals surface area contributed by atoms with Gasteiger partial charge in [-0.15, -0.1) is 10.2 Å². The highest BCUT2D eigenvalue weighted by Gasteiger charge is 2.17. The number of rotatable bonds is 7. The lowest BCUT2D eigenvalue weighted by atomic mass is 10.2. The van der Waals surface area contributed by atoms with E-state index >= 15 is 0 Å². The van der Waals surface area contributed by atoms with E-state index in [-0.39, 0.29) is 11.9 Å². The minimum Gasteiger partial charge on any atom is -0.383 e. The zero-order valence-electron chi connectivity index (χ0n) is 13.7. The van der Waals surface area contributed by atoms with Gasteiger partial charge in [0.05, 0.1) is 30.5 Å². The van der Waals surface area contributed by atoms with Crippen molar-refractivity contribution in [3.8, 4) is 0 Å². The van der Waals surface area contributed by atoms with E-state index in [4.69, 9.17) is 4.74 Å². The molecule has 0 radical (unpaired) electrons. The molecule has 0 fully saturated rings. The molecule has 3 aromatic rings. The van der Waals surface area contributed by atoms with Gasteiger partial charge >= 0.3 is 0 Å².